The van der Waals surface area contributed by atoms with Gasteiger partial charge in [0, 0.05) is 18.3 Å². The van der Waals surface area contributed by atoms with E-state index in [9.17, 15) is 8.42 Å². The zero-order chi connectivity index (χ0) is 13.8. The first-order chi connectivity index (χ1) is 8.29. The van der Waals surface area contributed by atoms with Gasteiger partial charge in [-0.25, -0.2) is 8.42 Å². The third-order valence-corrected chi connectivity index (χ3v) is 5.57. The number of hydrogen-bond donors (Lipinski definition) is 1. The zero-order valence-electron chi connectivity index (χ0n) is 12.3. The van der Waals surface area contributed by atoms with Gasteiger partial charge in [-0.05, 0) is 44.9 Å². The Morgan fingerprint density at radius 3 is 2.39 bits per heavy atom. The van der Waals surface area contributed by atoms with Crippen molar-refractivity contribution in [3.05, 3.63) is 0 Å². The molecule has 0 heterocycles. The third kappa shape index (κ3) is 5.70. The van der Waals surface area contributed by atoms with Crippen molar-refractivity contribution in [2.75, 3.05) is 6.26 Å². The normalized spacial score (nSPS) is 27.4. The van der Waals surface area contributed by atoms with Crippen LogP contribution >= 0.6 is 0 Å². The maximum atomic E-state index is 11.6. The molecule has 0 saturated heterocycles. The second kappa shape index (κ2) is 6.90. The Balaban J connectivity index is 2.38. The average molecular weight is 275 g/mol. The summed E-state index contributed by atoms with van der Waals surface area (Å²) in [4.78, 5) is 0. The molecule has 3 atom stereocenters. The molecule has 1 fully saturated rings. The van der Waals surface area contributed by atoms with E-state index in [1.165, 1.54) is 19.1 Å². The summed E-state index contributed by atoms with van der Waals surface area (Å²) >= 11 is 0. The van der Waals surface area contributed by atoms with Crippen LogP contribution in [0, 0.1) is 5.92 Å². The summed E-state index contributed by atoms with van der Waals surface area (Å²) in [6.45, 7) is 6.70. The lowest BCUT2D eigenvalue weighted by molar-refractivity contribution is 0.327. The largest absolute Gasteiger partial charge is 0.311 e. The monoisotopic (exact) mass is 275 g/mol. The molecule has 1 aliphatic carbocycles. The fraction of sp³-hybridized carbons (Fsp3) is 1.00. The van der Waals surface area contributed by atoms with Crippen LogP contribution in [0.1, 0.15) is 59.3 Å². The van der Waals surface area contributed by atoms with Gasteiger partial charge in [0.15, 0.2) is 0 Å². The quantitative estimate of drug-likeness (QED) is 0.811. The third-order valence-electron chi connectivity index (χ3n) is 3.93. The van der Waals surface area contributed by atoms with Gasteiger partial charge >= 0.3 is 0 Å². The Hall–Kier alpha value is -0.0900. The minimum atomic E-state index is -2.86. The van der Waals surface area contributed by atoms with Crippen molar-refractivity contribution in [2.24, 2.45) is 5.92 Å². The minimum Gasteiger partial charge on any atom is -0.311 e. The maximum absolute atomic E-state index is 11.6. The average Bonchev–Trinajstić information content (AvgIpc) is 2.25. The summed E-state index contributed by atoms with van der Waals surface area (Å²) < 4.78 is 23.2. The van der Waals surface area contributed by atoms with Crippen molar-refractivity contribution in [1.29, 1.82) is 0 Å². The van der Waals surface area contributed by atoms with Crippen molar-refractivity contribution < 1.29 is 8.42 Å². The highest BCUT2D eigenvalue weighted by Crippen LogP contribution is 2.24. The smallest absolute Gasteiger partial charge is 0.150 e. The molecule has 1 aliphatic rings. The van der Waals surface area contributed by atoms with Crippen molar-refractivity contribution in [1.82, 2.24) is 5.32 Å². The fourth-order valence-electron chi connectivity index (χ4n) is 2.75. The van der Waals surface area contributed by atoms with Gasteiger partial charge in [0.1, 0.15) is 9.84 Å². The lowest BCUT2D eigenvalue weighted by Gasteiger charge is -2.31. The van der Waals surface area contributed by atoms with Gasteiger partial charge in [-0.15, -0.1) is 0 Å². The lowest BCUT2D eigenvalue weighted by atomic mass is 9.93. The summed E-state index contributed by atoms with van der Waals surface area (Å²) in [6.07, 6.45) is 7.59. The number of nitrogens with one attached hydrogen (secondary N) is 1. The first-order valence-corrected chi connectivity index (χ1v) is 9.19. The van der Waals surface area contributed by atoms with Crippen LogP contribution in [0.15, 0.2) is 0 Å². The molecule has 1 saturated carbocycles. The molecule has 0 spiro atoms. The SMILES string of the molecule is CC(C)CCC(C)NC1CCCC(S(C)(=O)=O)C1. The summed E-state index contributed by atoms with van der Waals surface area (Å²) in [7, 11) is -2.86. The van der Waals surface area contributed by atoms with Gasteiger partial charge in [0.05, 0.1) is 5.25 Å². The summed E-state index contributed by atoms with van der Waals surface area (Å²) in [5.41, 5.74) is 0. The summed E-state index contributed by atoms with van der Waals surface area (Å²) in [6, 6.07) is 0.886. The van der Waals surface area contributed by atoms with Crippen LogP contribution in [0.25, 0.3) is 0 Å². The van der Waals surface area contributed by atoms with Crippen molar-refractivity contribution in [3.8, 4) is 0 Å². The predicted molar refractivity (Wildman–Crippen MR) is 77.6 cm³/mol. The Morgan fingerprint density at radius 1 is 1.17 bits per heavy atom. The molecule has 0 radical (unpaired) electrons. The molecule has 18 heavy (non-hydrogen) atoms. The van der Waals surface area contributed by atoms with Crippen LogP contribution in [0.2, 0.25) is 0 Å². The summed E-state index contributed by atoms with van der Waals surface area (Å²) in [5, 5.41) is 3.49. The Labute approximate surface area is 113 Å². The minimum absolute atomic E-state index is 0.124. The molecular weight excluding hydrogens is 246 g/mol. The molecule has 3 unspecified atom stereocenters. The molecule has 0 amide bonds. The van der Waals surface area contributed by atoms with Crippen LogP contribution in [0.5, 0.6) is 0 Å². The number of rotatable bonds is 6. The Kier molecular flexibility index (Phi) is 6.12. The molecule has 0 aromatic carbocycles. The van der Waals surface area contributed by atoms with E-state index in [-0.39, 0.29) is 5.25 Å². The van der Waals surface area contributed by atoms with E-state index in [2.05, 4.69) is 26.1 Å². The van der Waals surface area contributed by atoms with E-state index in [4.69, 9.17) is 0 Å². The maximum Gasteiger partial charge on any atom is 0.150 e. The predicted octanol–water partition coefficient (Wildman–Crippen LogP) is 2.76. The van der Waals surface area contributed by atoms with Gasteiger partial charge in [0.25, 0.3) is 0 Å². The van der Waals surface area contributed by atoms with E-state index >= 15 is 0 Å². The molecule has 1 rings (SSSR count). The van der Waals surface area contributed by atoms with Crippen molar-refractivity contribution in [3.63, 3.8) is 0 Å². The number of sulfone groups is 1. The number of hydrogen-bond acceptors (Lipinski definition) is 3. The standard InChI is InChI=1S/C14H29NO2S/c1-11(2)8-9-12(3)15-13-6-5-7-14(10-13)18(4,16)17/h11-15H,5-10H2,1-4H3. The van der Waals surface area contributed by atoms with Crippen LogP contribution in [-0.4, -0.2) is 32.0 Å². The molecular formula is C14H29NO2S. The van der Waals surface area contributed by atoms with E-state index in [1.807, 2.05) is 0 Å². The highest BCUT2D eigenvalue weighted by Gasteiger charge is 2.29. The van der Waals surface area contributed by atoms with Crippen molar-refractivity contribution in [2.45, 2.75) is 76.6 Å². The van der Waals surface area contributed by atoms with Gasteiger partial charge in [-0.1, -0.05) is 20.3 Å². The van der Waals surface area contributed by atoms with Gasteiger partial charge in [-0.3, -0.25) is 0 Å². The van der Waals surface area contributed by atoms with E-state index in [0.29, 0.717) is 12.1 Å². The molecule has 0 aromatic rings. The van der Waals surface area contributed by atoms with E-state index < -0.39 is 9.84 Å². The van der Waals surface area contributed by atoms with Crippen LogP contribution < -0.4 is 5.32 Å². The first-order valence-electron chi connectivity index (χ1n) is 7.24. The first kappa shape index (κ1) is 16.0. The topological polar surface area (TPSA) is 46.2 Å². The summed E-state index contributed by atoms with van der Waals surface area (Å²) in [5.74, 6) is 0.740. The Morgan fingerprint density at radius 2 is 1.83 bits per heavy atom. The lowest BCUT2D eigenvalue weighted by Crippen LogP contribution is -2.42. The second-order valence-electron chi connectivity index (χ2n) is 6.35. The molecule has 1 N–H and O–H groups in total. The zero-order valence-corrected chi connectivity index (χ0v) is 13.1. The molecule has 0 aliphatic heterocycles. The second-order valence-corrected chi connectivity index (χ2v) is 8.68. The van der Waals surface area contributed by atoms with E-state index in [0.717, 1.165) is 31.6 Å². The van der Waals surface area contributed by atoms with Gasteiger partial charge in [0.2, 0.25) is 0 Å². The van der Waals surface area contributed by atoms with E-state index in [1.54, 1.807) is 0 Å². The fourth-order valence-corrected chi connectivity index (χ4v) is 3.93. The molecule has 0 aromatic heterocycles. The highest BCUT2D eigenvalue weighted by atomic mass is 32.2. The van der Waals surface area contributed by atoms with Gasteiger partial charge in [-0.2, -0.15) is 0 Å². The van der Waals surface area contributed by atoms with Crippen LogP contribution in [0.4, 0.5) is 0 Å². The van der Waals surface area contributed by atoms with Gasteiger partial charge < -0.3 is 5.32 Å². The van der Waals surface area contributed by atoms with Crippen LogP contribution in [0.3, 0.4) is 0 Å². The van der Waals surface area contributed by atoms with Crippen molar-refractivity contribution >= 4 is 9.84 Å². The Bertz CT molecular complexity index is 338. The van der Waals surface area contributed by atoms with Crippen LogP contribution in [-0.2, 0) is 9.84 Å². The molecule has 0 bridgehead atoms. The highest BCUT2D eigenvalue weighted by molar-refractivity contribution is 7.91. The molecule has 3 nitrogen and oxygen atoms in total. The molecule has 4 heteroatoms. The molecule has 108 valence electrons.